The maximum Gasteiger partial charge on any atom is 0.150 e. The molecule has 2 aromatic carbocycles. The summed E-state index contributed by atoms with van der Waals surface area (Å²) in [6.07, 6.45) is 2.05. The second kappa shape index (κ2) is 6.26. The first kappa shape index (κ1) is 14.7. The average molecular weight is 335 g/mol. The van der Waals surface area contributed by atoms with Gasteiger partial charge in [-0.2, -0.15) is 0 Å². The Hall–Kier alpha value is -1.23. The van der Waals surface area contributed by atoms with Crippen molar-refractivity contribution in [2.45, 2.75) is 17.3 Å². The quantitative estimate of drug-likeness (QED) is 0.606. The summed E-state index contributed by atoms with van der Waals surface area (Å²) in [5, 5.41) is 4.29. The van der Waals surface area contributed by atoms with E-state index in [2.05, 4.69) is 47.7 Å². The Morgan fingerprint density at radius 1 is 1.24 bits per heavy atom. The largest absolute Gasteiger partial charge is 0.378 e. The van der Waals surface area contributed by atoms with Crippen molar-refractivity contribution in [1.29, 1.82) is 0 Å². The molecular weight excluding hydrogens is 320 g/mol. The number of benzene rings is 2. The Balaban J connectivity index is 1.83. The molecule has 0 saturated carbocycles. The SMILES string of the molecule is CSc1nc2ccc(NC(C)c3cccc(Cl)c3)cc2s1. The molecule has 0 fully saturated rings. The van der Waals surface area contributed by atoms with E-state index in [1.54, 1.807) is 23.1 Å². The Labute approximate surface area is 137 Å². The highest BCUT2D eigenvalue weighted by molar-refractivity contribution is 8.00. The number of nitrogens with one attached hydrogen (secondary N) is 1. The van der Waals surface area contributed by atoms with Gasteiger partial charge in [0.1, 0.15) is 0 Å². The van der Waals surface area contributed by atoms with Crippen LogP contribution in [-0.2, 0) is 0 Å². The van der Waals surface area contributed by atoms with Gasteiger partial charge in [0.15, 0.2) is 4.34 Å². The molecule has 0 spiro atoms. The minimum Gasteiger partial charge on any atom is -0.378 e. The predicted molar refractivity (Wildman–Crippen MR) is 94.9 cm³/mol. The average Bonchev–Trinajstić information content (AvgIpc) is 2.89. The number of fused-ring (bicyclic) bond motifs is 1. The zero-order chi connectivity index (χ0) is 14.8. The molecule has 0 aliphatic heterocycles. The van der Waals surface area contributed by atoms with Gasteiger partial charge in [0.05, 0.1) is 10.2 Å². The fraction of sp³-hybridized carbons (Fsp3) is 0.188. The van der Waals surface area contributed by atoms with Crippen LogP contribution in [-0.4, -0.2) is 11.2 Å². The number of thioether (sulfide) groups is 1. The Morgan fingerprint density at radius 3 is 2.86 bits per heavy atom. The van der Waals surface area contributed by atoms with Gasteiger partial charge in [-0.25, -0.2) is 4.98 Å². The van der Waals surface area contributed by atoms with Gasteiger partial charge in [-0.3, -0.25) is 0 Å². The number of hydrogen-bond donors (Lipinski definition) is 1. The van der Waals surface area contributed by atoms with Gasteiger partial charge < -0.3 is 5.32 Å². The van der Waals surface area contributed by atoms with Crippen LogP contribution in [0.25, 0.3) is 10.2 Å². The third kappa shape index (κ3) is 3.34. The van der Waals surface area contributed by atoms with Gasteiger partial charge >= 0.3 is 0 Å². The van der Waals surface area contributed by atoms with E-state index >= 15 is 0 Å². The molecule has 2 nitrogen and oxygen atoms in total. The van der Waals surface area contributed by atoms with E-state index < -0.39 is 0 Å². The predicted octanol–water partition coefficient (Wildman–Crippen LogP) is 5.84. The summed E-state index contributed by atoms with van der Waals surface area (Å²) in [7, 11) is 0. The van der Waals surface area contributed by atoms with Crippen molar-refractivity contribution in [3.8, 4) is 0 Å². The summed E-state index contributed by atoms with van der Waals surface area (Å²) < 4.78 is 2.31. The van der Waals surface area contributed by atoms with E-state index in [0.717, 1.165) is 20.6 Å². The van der Waals surface area contributed by atoms with Crippen molar-refractivity contribution in [2.75, 3.05) is 11.6 Å². The van der Waals surface area contributed by atoms with E-state index in [4.69, 9.17) is 11.6 Å². The zero-order valence-electron chi connectivity index (χ0n) is 11.8. The third-order valence-corrected chi connectivity index (χ3v) is 5.51. The van der Waals surface area contributed by atoms with Gasteiger partial charge in [-0.15, -0.1) is 11.3 Å². The summed E-state index contributed by atoms with van der Waals surface area (Å²) in [5.74, 6) is 0. The number of aromatic nitrogens is 1. The molecule has 0 bridgehead atoms. The van der Waals surface area contributed by atoms with Crippen LogP contribution in [0.1, 0.15) is 18.5 Å². The number of thiazole rings is 1. The molecule has 0 radical (unpaired) electrons. The molecule has 0 amide bonds. The number of hydrogen-bond acceptors (Lipinski definition) is 4. The molecule has 0 aliphatic carbocycles. The molecule has 3 rings (SSSR count). The Morgan fingerprint density at radius 2 is 2.10 bits per heavy atom. The normalized spacial score (nSPS) is 12.5. The van der Waals surface area contributed by atoms with Crippen molar-refractivity contribution < 1.29 is 0 Å². The van der Waals surface area contributed by atoms with Gasteiger partial charge in [0.2, 0.25) is 0 Å². The van der Waals surface area contributed by atoms with Crippen molar-refractivity contribution in [3.05, 3.63) is 53.1 Å². The van der Waals surface area contributed by atoms with Gasteiger partial charge in [-0.1, -0.05) is 35.5 Å². The summed E-state index contributed by atoms with van der Waals surface area (Å²) >= 11 is 9.46. The van der Waals surface area contributed by atoms with Crippen LogP contribution in [0.15, 0.2) is 46.8 Å². The summed E-state index contributed by atoms with van der Waals surface area (Å²) in [6, 6.07) is 14.5. The van der Waals surface area contributed by atoms with Crippen molar-refractivity contribution in [1.82, 2.24) is 4.98 Å². The van der Waals surface area contributed by atoms with E-state index in [1.807, 2.05) is 18.2 Å². The fourth-order valence-electron chi connectivity index (χ4n) is 2.19. The maximum atomic E-state index is 6.05. The lowest BCUT2D eigenvalue weighted by Crippen LogP contribution is -2.06. The fourth-order valence-corrected chi connectivity index (χ4v) is 3.92. The van der Waals surface area contributed by atoms with E-state index in [-0.39, 0.29) is 6.04 Å². The highest BCUT2D eigenvalue weighted by Gasteiger charge is 2.08. The van der Waals surface area contributed by atoms with Crippen LogP contribution in [0.5, 0.6) is 0 Å². The smallest absolute Gasteiger partial charge is 0.150 e. The lowest BCUT2D eigenvalue weighted by molar-refractivity contribution is 0.885. The van der Waals surface area contributed by atoms with E-state index in [0.29, 0.717) is 0 Å². The van der Waals surface area contributed by atoms with Gasteiger partial charge in [0.25, 0.3) is 0 Å². The second-order valence-corrected chi connectivity index (χ2v) is 7.31. The summed E-state index contributed by atoms with van der Waals surface area (Å²) in [4.78, 5) is 4.56. The lowest BCUT2D eigenvalue weighted by atomic mass is 10.1. The van der Waals surface area contributed by atoms with E-state index in [1.165, 1.54) is 10.3 Å². The van der Waals surface area contributed by atoms with Crippen LogP contribution < -0.4 is 5.32 Å². The molecule has 0 aliphatic rings. The number of anilines is 1. The topological polar surface area (TPSA) is 24.9 Å². The van der Waals surface area contributed by atoms with Gasteiger partial charge in [-0.05, 0) is 49.1 Å². The highest BCUT2D eigenvalue weighted by atomic mass is 35.5. The molecule has 5 heteroatoms. The molecule has 21 heavy (non-hydrogen) atoms. The van der Waals surface area contributed by atoms with E-state index in [9.17, 15) is 0 Å². The first-order valence-electron chi connectivity index (χ1n) is 6.62. The highest BCUT2D eigenvalue weighted by Crippen LogP contribution is 2.31. The standard InChI is InChI=1S/C16H15ClN2S2/c1-10(11-4-3-5-12(17)8-11)18-13-6-7-14-15(9-13)21-16(19-14)20-2/h3-10,18H,1-2H3. The third-order valence-electron chi connectivity index (χ3n) is 3.28. The molecule has 0 saturated heterocycles. The molecule has 1 aromatic heterocycles. The lowest BCUT2D eigenvalue weighted by Gasteiger charge is -2.16. The van der Waals surface area contributed by atoms with Crippen LogP contribution in [0.4, 0.5) is 5.69 Å². The van der Waals surface area contributed by atoms with Crippen LogP contribution in [0.2, 0.25) is 5.02 Å². The van der Waals surface area contributed by atoms with Crippen LogP contribution in [0, 0.1) is 0 Å². The molecule has 1 heterocycles. The Bertz CT molecular complexity index is 770. The summed E-state index contributed by atoms with van der Waals surface area (Å²) in [5.41, 5.74) is 3.34. The second-order valence-electron chi connectivity index (χ2n) is 4.79. The molecular formula is C16H15ClN2S2. The zero-order valence-corrected chi connectivity index (χ0v) is 14.1. The van der Waals surface area contributed by atoms with Crippen LogP contribution >= 0.6 is 34.7 Å². The van der Waals surface area contributed by atoms with Crippen LogP contribution in [0.3, 0.4) is 0 Å². The minimum atomic E-state index is 0.203. The molecule has 108 valence electrons. The number of halogens is 1. The first-order valence-corrected chi connectivity index (χ1v) is 9.04. The number of rotatable bonds is 4. The van der Waals surface area contributed by atoms with Crippen molar-refractivity contribution in [3.63, 3.8) is 0 Å². The molecule has 1 N–H and O–H groups in total. The van der Waals surface area contributed by atoms with Crippen molar-refractivity contribution >= 4 is 50.6 Å². The summed E-state index contributed by atoms with van der Waals surface area (Å²) in [6.45, 7) is 2.13. The minimum absolute atomic E-state index is 0.203. The van der Waals surface area contributed by atoms with Crippen molar-refractivity contribution in [2.24, 2.45) is 0 Å². The first-order chi connectivity index (χ1) is 10.2. The monoisotopic (exact) mass is 334 g/mol. The molecule has 1 atom stereocenters. The maximum absolute atomic E-state index is 6.05. The Kier molecular flexibility index (Phi) is 4.38. The molecule has 3 aromatic rings. The molecule has 1 unspecified atom stereocenters. The van der Waals surface area contributed by atoms with Gasteiger partial charge in [0, 0.05) is 16.8 Å². The number of nitrogens with zero attached hydrogens (tertiary/aromatic N) is 1.